The lowest BCUT2D eigenvalue weighted by molar-refractivity contribution is 0.0809. The molecule has 2 rings (SSSR count). The molecular formula is C20H25NO4. The Morgan fingerprint density at radius 2 is 1.84 bits per heavy atom. The van der Waals surface area contributed by atoms with Crippen molar-refractivity contribution in [2.45, 2.75) is 32.3 Å². The van der Waals surface area contributed by atoms with Gasteiger partial charge in [-0.25, -0.2) is 0 Å². The number of amides is 1. The molecule has 0 aliphatic rings. The summed E-state index contributed by atoms with van der Waals surface area (Å²) in [5.74, 6) is 0.541. The normalized spacial score (nSPS) is 11.2. The van der Waals surface area contributed by atoms with Gasteiger partial charge in [-0.2, -0.15) is 0 Å². The van der Waals surface area contributed by atoms with Gasteiger partial charge in [0.1, 0.15) is 0 Å². The third kappa shape index (κ3) is 5.80. The maximum Gasteiger partial charge on any atom is 0.248 e. The van der Waals surface area contributed by atoms with Gasteiger partial charge in [0.15, 0.2) is 11.5 Å². The first kappa shape index (κ1) is 18.8. The molecule has 2 aromatic carbocycles. The summed E-state index contributed by atoms with van der Waals surface area (Å²) in [4.78, 5) is 11.3. The monoisotopic (exact) mass is 343 g/mol. The van der Waals surface area contributed by atoms with E-state index in [9.17, 15) is 9.90 Å². The molecule has 25 heavy (non-hydrogen) atoms. The maximum atomic E-state index is 11.3. The zero-order chi connectivity index (χ0) is 18.4. The molecule has 0 aliphatic carbocycles. The number of carbonyl (C=O) groups excluding carboxylic acids is 1. The SMILES string of the molecule is COc1ccc(C(N)=O)cc1OCCc1cccc(CC(C)(C)O)c1. The molecule has 134 valence electrons. The summed E-state index contributed by atoms with van der Waals surface area (Å²) in [6.45, 7) is 4.02. The van der Waals surface area contributed by atoms with Crippen LogP contribution in [0.3, 0.4) is 0 Å². The molecule has 0 saturated carbocycles. The molecular weight excluding hydrogens is 318 g/mol. The Hall–Kier alpha value is -2.53. The first-order chi connectivity index (χ1) is 11.8. The molecule has 0 saturated heterocycles. The van der Waals surface area contributed by atoms with E-state index >= 15 is 0 Å². The van der Waals surface area contributed by atoms with Gasteiger partial charge in [0.2, 0.25) is 5.91 Å². The van der Waals surface area contributed by atoms with Crippen LogP contribution in [0.1, 0.15) is 35.3 Å². The molecule has 0 spiro atoms. The average molecular weight is 343 g/mol. The number of nitrogens with two attached hydrogens (primary N) is 1. The van der Waals surface area contributed by atoms with Crippen LogP contribution in [0.25, 0.3) is 0 Å². The molecule has 0 atom stereocenters. The van der Waals surface area contributed by atoms with Gasteiger partial charge in [-0.3, -0.25) is 4.79 Å². The highest BCUT2D eigenvalue weighted by Gasteiger charge is 2.13. The van der Waals surface area contributed by atoms with Crippen LogP contribution in [-0.4, -0.2) is 30.3 Å². The number of methoxy groups -OCH3 is 1. The van der Waals surface area contributed by atoms with Crippen molar-refractivity contribution >= 4 is 5.91 Å². The van der Waals surface area contributed by atoms with Gasteiger partial charge in [0.25, 0.3) is 0 Å². The zero-order valence-corrected chi connectivity index (χ0v) is 14.9. The van der Waals surface area contributed by atoms with Gasteiger partial charge in [0.05, 0.1) is 19.3 Å². The van der Waals surface area contributed by atoms with E-state index in [1.165, 1.54) is 0 Å². The Balaban J connectivity index is 2.02. The fourth-order valence-corrected chi connectivity index (χ4v) is 2.62. The second-order valence-electron chi connectivity index (χ2n) is 6.64. The Bertz CT molecular complexity index is 735. The molecule has 0 aliphatic heterocycles. The number of carbonyl (C=O) groups is 1. The Morgan fingerprint density at radius 3 is 2.48 bits per heavy atom. The van der Waals surface area contributed by atoms with Crippen LogP contribution in [0.15, 0.2) is 42.5 Å². The number of hydrogen-bond acceptors (Lipinski definition) is 4. The third-order valence-corrected chi connectivity index (χ3v) is 3.72. The minimum absolute atomic E-state index is 0.378. The quantitative estimate of drug-likeness (QED) is 0.772. The molecule has 5 heteroatoms. The van der Waals surface area contributed by atoms with Crippen LogP contribution in [0.4, 0.5) is 0 Å². The molecule has 2 aromatic rings. The van der Waals surface area contributed by atoms with Crippen molar-refractivity contribution in [1.29, 1.82) is 0 Å². The predicted octanol–water partition coefficient (Wildman–Crippen LogP) is 2.73. The smallest absolute Gasteiger partial charge is 0.248 e. The summed E-state index contributed by atoms with van der Waals surface area (Å²) in [6.07, 6.45) is 1.29. The number of hydrogen-bond donors (Lipinski definition) is 2. The van der Waals surface area contributed by atoms with Crippen LogP contribution in [0, 0.1) is 0 Å². The van der Waals surface area contributed by atoms with E-state index in [1.807, 2.05) is 18.2 Å². The second-order valence-corrected chi connectivity index (χ2v) is 6.64. The molecule has 0 bridgehead atoms. The van der Waals surface area contributed by atoms with Crippen LogP contribution in [-0.2, 0) is 12.8 Å². The molecule has 1 amide bonds. The van der Waals surface area contributed by atoms with E-state index in [-0.39, 0.29) is 0 Å². The fraction of sp³-hybridized carbons (Fsp3) is 0.350. The van der Waals surface area contributed by atoms with E-state index in [4.69, 9.17) is 15.2 Å². The summed E-state index contributed by atoms with van der Waals surface area (Å²) >= 11 is 0. The van der Waals surface area contributed by atoms with Crippen molar-refractivity contribution in [3.05, 3.63) is 59.2 Å². The summed E-state index contributed by atoms with van der Waals surface area (Å²) in [6, 6.07) is 12.9. The first-order valence-electron chi connectivity index (χ1n) is 8.19. The van der Waals surface area contributed by atoms with Crippen LogP contribution in [0.2, 0.25) is 0 Å². The topological polar surface area (TPSA) is 81.8 Å². The largest absolute Gasteiger partial charge is 0.493 e. The minimum Gasteiger partial charge on any atom is -0.493 e. The number of aliphatic hydroxyl groups is 1. The van der Waals surface area contributed by atoms with Gasteiger partial charge in [-0.05, 0) is 43.2 Å². The highest BCUT2D eigenvalue weighted by atomic mass is 16.5. The number of ether oxygens (including phenoxy) is 2. The molecule has 0 radical (unpaired) electrons. The highest BCUT2D eigenvalue weighted by Crippen LogP contribution is 2.28. The lowest BCUT2D eigenvalue weighted by atomic mass is 9.97. The molecule has 0 heterocycles. The first-order valence-corrected chi connectivity index (χ1v) is 8.19. The molecule has 5 nitrogen and oxygen atoms in total. The van der Waals surface area contributed by atoms with E-state index in [1.54, 1.807) is 39.2 Å². The van der Waals surface area contributed by atoms with Gasteiger partial charge < -0.3 is 20.3 Å². The highest BCUT2D eigenvalue weighted by molar-refractivity contribution is 5.93. The van der Waals surface area contributed by atoms with Crippen molar-refractivity contribution in [2.75, 3.05) is 13.7 Å². The standard InChI is InChI=1S/C20H25NO4/c1-20(2,23)13-15-6-4-5-14(11-15)9-10-25-18-12-16(19(21)22)7-8-17(18)24-3/h4-8,11-12,23H,9-10,13H2,1-3H3,(H2,21,22). The fourth-order valence-electron chi connectivity index (χ4n) is 2.62. The summed E-state index contributed by atoms with van der Waals surface area (Å²) in [5.41, 5.74) is 7.14. The average Bonchev–Trinajstić information content (AvgIpc) is 2.53. The van der Waals surface area contributed by atoms with E-state index in [2.05, 4.69) is 6.07 Å². The van der Waals surface area contributed by atoms with Crippen LogP contribution >= 0.6 is 0 Å². The minimum atomic E-state index is -0.738. The number of primary amides is 1. The van der Waals surface area contributed by atoms with E-state index in [0.717, 1.165) is 11.1 Å². The van der Waals surface area contributed by atoms with Crippen LogP contribution in [0.5, 0.6) is 11.5 Å². The van der Waals surface area contributed by atoms with Gasteiger partial charge >= 0.3 is 0 Å². The lowest BCUT2D eigenvalue weighted by Crippen LogP contribution is -2.21. The molecule has 0 fully saturated rings. The number of benzene rings is 2. The summed E-state index contributed by atoms with van der Waals surface area (Å²) in [7, 11) is 1.55. The van der Waals surface area contributed by atoms with E-state index < -0.39 is 11.5 Å². The third-order valence-electron chi connectivity index (χ3n) is 3.72. The molecule has 0 aromatic heterocycles. The van der Waals surface area contributed by atoms with Crippen molar-refractivity contribution in [3.8, 4) is 11.5 Å². The summed E-state index contributed by atoms with van der Waals surface area (Å²) < 4.78 is 11.0. The maximum absolute atomic E-state index is 11.3. The molecule has 3 N–H and O–H groups in total. The zero-order valence-electron chi connectivity index (χ0n) is 14.9. The van der Waals surface area contributed by atoms with Crippen molar-refractivity contribution in [3.63, 3.8) is 0 Å². The lowest BCUT2D eigenvalue weighted by Gasteiger charge is -2.17. The van der Waals surface area contributed by atoms with Crippen molar-refractivity contribution in [2.24, 2.45) is 5.73 Å². The van der Waals surface area contributed by atoms with Crippen LogP contribution < -0.4 is 15.2 Å². The summed E-state index contributed by atoms with van der Waals surface area (Å²) in [5, 5.41) is 9.94. The predicted molar refractivity (Wildman–Crippen MR) is 97.2 cm³/mol. The Labute approximate surface area is 148 Å². The van der Waals surface area contributed by atoms with Gasteiger partial charge in [0, 0.05) is 18.4 Å². The van der Waals surface area contributed by atoms with Crippen molar-refractivity contribution < 1.29 is 19.4 Å². The van der Waals surface area contributed by atoms with Gasteiger partial charge in [-0.15, -0.1) is 0 Å². The van der Waals surface area contributed by atoms with E-state index in [0.29, 0.717) is 36.5 Å². The van der Waals surface area contributed by atoms with Crippen molar-refractivity contribution in [1.82, 2.24) is 0 Å². The Morgan fingerprint density at radius 1 is 1.12 bits per heavy atom. The second kappa shape index (κ2) is 8.03. The van der Waals surface area contributed by atoms with Gasteiger partial charge in [-0.1, -0.05) is 24.3 Å². The molecule has 0 unspecified atom stereocenters. The Kier molecular flexibility index (Phi) is 6.04. The number of rotatable bonds is 8.